The Kier molecular flexibility index (Phi) is 4.13. The molecule has 2 aliphatic carbocycles. The summed E-state index contributed by atoms with van der Waals surface area (Å²) in [4.78, 5) is 17.4. The van der Waals surface area contributed by atoms with Crippen LogP contribution in [-0.2, 0) is 0 Å². The number of carbonyl (C=O) groups is 1. The fraction of sp³-hybridized carbons (Fsp3) is 0.500. The molecule has 2 aromatic rings. The van der Waals surface area contributed by atoms with Crippen LogP contribution >= 0.6 is 0 Å². The SMILES string of the molecule is CC1CCC(Nc2cc(C(=O)NC3CC3)c3ccccc3n2)CC1. The van der Waals surface area contributed by atoms with E-state index in [-0.39, 0.29) is 5.91 Å². The van der Waals surface area contributed by atoms with E-state index in [0.29, 0.717) is 12.1 Å². The number of aromatic nitrogens is 1. The summed E-state index contributed by atoms with van der Waals surface area (Å²) in [7, 11) is 0. The molecule has 24 heavy (non-hydrogen) atoms. The number of carbonyl (C=O) groups excluding carboxylic acids is 1. The van der Waals surface area contributed by atoms with Gasteiger partial charge < -0.3 is 10.6 Å². The summed E-state index contributed by atoms with van der Waals surface area (Å²) in [5.41, 5.74) is 1.62. The van der Waals surface area contributed by atoms with Gasteiger partial charge in [0.1, 0.15) is 5.82 Å². The van der Waals surface area contributed by atoms with Crippen molar-refractivity contribution in [1.82, 2.24) is 10.3 Å². The molecule has 0 atom stereocenters. The van der Waals surface area contributed by atoms with E-state index in [2.05, 4.69) is 17.6 Å². The highest BCUT2D eigenvalue weighted by atomic mass is 16.1. The largest absolute Gasteiger partial charge is 0.367 e. The van der Waals surface area contributed by atoms with E-state index in [0.717, 1.165) is 41.0 Å². The summed E-state index contributed by atoms with van der Waals surface area (Å²) >= 11 is 0. The molecule has 2 N–H and O–H groups in total. The molecule has 1 amide bonds. The van der Waals surface area contributed by atoms with Gasteiger partial charge >= 0.3 is 0 Å². The first kappa shape index (κ1) is 15.4. The number of benzene rings is 1. The minimum absolute atomic E-state index is 0.0245. The monoisotopic (exact) mass is 323 g/mol. The Hall–Kier alpha value is -2.10. The van der Waals surface area contributed by atoms with Gasteiger partial charge in [-0.25, -0.2) is 4.98 Å². The molecule has 4 nitrogen and oxygen atoms in total. The van der Waals surface area contributed by atoms with Crippen LogP contribution in [0.5, 0.6) is 0 Å². The molecule has 4 heteroatoms. The highest BCUT2D eigenvalue weighted by Gasteiger charge is 2.25. The van der Waals surface area contributed by atoms with E-state index >= 15 is 0 Å². The number of fused-ring (bicyclic) bond motifs is 1. The van der Waals surface area contributed by atoms with E-state index in [9.17, 15) is 4.79 Å². The molecule has 0 aliphatic heterocycles. The standard InChI is InChI=1S/C20H25N3O/c1-13-6-8-14(9-7-13)21-19-12-17(20(24)22-15-10-11-15)16-4-2-3-5-18(16)23-19/h2-5,12-15H,6-11H2,1H3,(H,21,23)(H,22,24). The zero-order chi connectivity index (χ0) is 16.5. The number of hydrogen-bond donors (Lipinski definition) is 2. The van der Waals surface area contributed by atoms with Crippen molar-refractivity contribution < 1.29 is 4.79 Å². The van der Waals surface area contributed by atoms with Gasteiger partial charge in [-0.1, -0.05) is 25.1 Å². The van der Waals surface area contributed by atoms with Gasteiger partial charge in [0.25, 0.3) is 5.91 Å². The highest BCUT2D eigenvalue weighted by molar-refractivity contribution is 6.07. The molecular weight excluding hydrogens is 298 g/mol. The first-order valence-corrected chi connectivity index (χ1v) is 9.16. The number of para-hydroxylation sites is 1. The highest BCUT2D eigenvalue weighted by Crippen LogP contribution is 2.28. The lowest BCUT2D eigenvalue weighted by Gasteiger charge is -2.27. The quantitative estimate of drug-likeness (QED) is 0.890. The zero-order valence-electron chi connectivity index (χ0n) is 14.2. The van der Waals surface area contributed by atoms with Crippen molar-refractivity contribution in [3.63, 3.8) is 0 Å². The molecule has 1 heterocycles. The number of pyridine rings is 1. The molecule has 0 spiro atoms. The van der Waals surface area contributed by atoms with Gasteiger partial charge in [0.2, 0.25) is 0 Å². The molecule has 0 bridgehead atoms. The Labute approximate surface area is 143 Å². The van der Waals surface area contributed by atoms with Gasteiger partial charge in [-0.2, -0.15) is 0 Å². The van der Waals surface area contributed by atoms with E-state index in [4.69, 9.17) is 4.98 Å². The molecule has 0 unspecified atom stereocenters. The van der Waals surface area contributed by atoms with Crippen LogP contribution < -0.4 is 10.6 Å². The number of nitrogens with zero attached hydrogens (tertiary/aromatic N) is 1. The van der Waals surface area contributed by atoms with Crippen LogP contribution in [0.2, 0.25) is 0 Å². The summed E-state index contributed by atoms with van der Waals surface area (Å²) in [6.45, 7) is 2.32. The van der Waals surface area contributed by atoms with Crippen LogP contribution in [0.4, 0.5) is 5.82 Å². The van der Waals surface area contributed by atoms with E-state index in [1.807, 2.05) is 30.3 Å². The maximum atomic E-state index is 12.6. The molecule has 1 aromatic heterocycles. The van der Waals surface area contributed by atoms with Crippen molar-refractivity contribution in [1.29, 1.82) is 0 Å². The molecule has 1 aromatic carbocycles. The van der Waals surface area contributed by atoms with E-state index < -0.39 is 0 Å². The average Bonchev–Trinajstić information content (AvgIpc) is 3.40. The van der Waals surface area contributed by atoms with Gasteiger partial charge in [0.15, 0.2) is 0 Å². The van der Waals surface area contributed by atoms with Gasteiger partial charge in [-0.05, 0) is 56.6 Å². The lowest BCUT2D eigenvalue weighted by molar-refractivity contribution is 0.0952. The Bertz CT molecular complexity index is 746. The van der Waals surface area contributed by atoms with Gasteiger partial charge in [0, 0.05) is 17.5 Å². The number of nitrogens with one attached hydrogen (secondary N) is 2. The van der Waals surface area contributed by atoms with Crippen molar-refractivity contribution in [3.8, 4) is 0 Å². The van der Waals surface area contributed by atoms with Crippen LogP contribution in [0.25, 0.3) is 10.9 Å². The van der Waals surface area contributed by atoms with E-state index in [1.54, 1.807) is 0 Å². The molecule has 2 aliphatic rings. The summed E-state index contributed by atoms with van der Waals surface area (Å²) < 4.78 is 0. The number of amides is 1. The molecule has 0 radical (unpaired) electrons. The smallest absolute Gasteiger partial charge is 0.252 e. The second-order valence-electron chi connectivity index (χ2n) is 7.42. The molecule has 4 rings (SSSR count). The Balaban J connectivity index is 1.62. The molecule has 0 saturated heterocycles. The zero-order valence-corrected chi connectivity index (χ0v) is 14.2. The molecular formula is C20H25N3O. The molecule has 2 fully saturated rings. The maximum Gasteiger partial charge on any atom is 0.252 e. The van der Waals surface area contributed by atoms with Crippen molar-refractivity contribution in [2.75, 3.05) is 5.32 Å². The maximum absolute atomic E-state index is 12.6. The Morgan fingerprint density at radius 1 is 1.04 bits per heavy atom. The number of hydrogen-bond acceptors (Lipinski definition) is 3. The predicted molar refractivity (Wildman–Crippen MR) is 97.3 cm³/mol. The number of anilines is 1. The summed E-state index contributed by atoms with van der Waals surface area (Å²) in [6.07, 6.45) is 7.08. The second kappa shape index (κ2) is 6.42. The van der Waals surface area contributed by atoms with Crippen LogP contribution in [0.15, 0.2) is 30.3 Å². The van der Waals surface area contributed by atoms with E-state index in [1.165, 1.54) is 25.7 Å². The lowest BCUT2D eigenvalue weighted by Crippen LogP contribution is -2.27. The predicted octanol–water partition coefficient (Wildman–Crippen LogP) is 4.12. The number of rotatable bonds is 4. The minimum Gasteiger partial charge on any atom is -0.367 e. The third kappa shape index (κ3) is 3.37. The Morgan fingerprint density at radius 2 is 1.75 bits per heavy atom. The lowest BCUT2D eigenvalue weighted by atomic mass is 9.87. The van der Waals surface area contributed by atoms with Crippen LogP contribution in [0.3, 0.4) is 0 Å². The fourth-order valence-corrected chi connectivity index (χ4v) is 3.54. The third-order valence-electron chi connectivity index (χ3n) is 5.24. The topological polar surface area (TPSA) is 54.0 Å². The minimum atomic E-state index is 0.0245. The normalized spacial score (nSPS) is 23.9. The Morgan fingerprint density at radius 3 is 2.50 bits per heavy atom. The van der Waals surface area contributed by atoms with Crippen molar-refractivity contribution >= 4 is 22.6 Å². The van der Waals surface area contributed by atoms with Crippen LogP contribution in [0, 0.1) is 5.92 Å². The summed E-state index contributed by atoms with van der Waals surface area (Å²) in [5.74, 6) is 1.68. The van der Waals surface area contributed by atoms with Crippen LogP contribution in [0.1, 0.15) is 55.8 Å². The van der Waals surface area contributed by atoms with Crippen LogP contribution in [-0.4, -0.2) is 23.0 Å². The first-order chi connectivity index (χ1) is 11.7. The van der Waals surface area contributed by atoms with Gasteiger partial charge in [-0.15, -0.1) is 0 Å². The van der Waals surface area contributed by atoms with Crippen molar-refractivity contribution in [3.05, 3.63) is 35.9 Å². The average molecular weight is 323 g/mol. The second-order valence-corrected chi connectivity index (χ2v) is 7.42. The first-order valence-electron chi connectivity index (χ1n) is 9.16. The molecule has 126 valence electrons. The fourth-order valence-electron chi connectivity index (χ4n) is 3.54. The van der Waals surface area contributed by atoms with Gasteiger partial charge in [-0.3, -0.25) is 4.79 Å². The summed E-state index contributed by atoms with van der Waals surface area (Å²) in [6, 6.07) is 10.7. The summed E-state index contributed by atoms with van der Waals surface area (Å²) in [5, 5.41) is 7.60. The van der Waals surface area contributed by atoms with Gasteiger partial charge in [0.05, 0.1) is 11.1 Å². The molecule has 2 saturated carbocycles. The third-order valence-corrected chi connectivity index (χ3v) is 5.24. The van der Waals surface area contributed by atoms with Crippen molar-refractivity contribution in [2.45, 2.75) is 57.5 Å². The van der Waals surface area contributed by atoms with Crippen molar-refractivity contribution in [2.24, 2.45) is 5.92 Å².